The Balaban J connectivity index is 1.75. The topological polar surface area (TPSA) is 66.4 Å². The highest BCUT2D eigenvalue weighted by Gasteiger charge is 2.52. The van der Waals surface area contributed by atoms with E-state index in [2.05, 4.69) is 12.2 Å². The summed E-state index contributed by atoms with van der Waals surface area (Å²) in [5.41, 5.74) is -0.119. The number of amides is 1. The molecule has 0 aromatic rings. The first kappa shape index (κ1) is 12.7. The van der Waals surface area contributed by atoms with Gasteiger partial charge in [-0.25, -0.2) is 0 Å². The molecule has 0 aromatic carbocycles. The van der Waals surface area contributed by atoms with Crippen LogP contribution < -0.4 is 5.32 Å². The van der Waals surface area contributed by atoms with Crippen molar-refractivity contribution in [3.63, 3.8) is 0 Å². The SMILES string of the molecule is CC1(NC(=O)C2C3C=CC(C3)C2C(=O)O)CCCC1. The lowest BCUT2D eigenvalue weighted by Crippen LogP contribution is -2.49. The number of hydrogen-bond donors (Lipinski definition) is 2. The molecule has 2 saturated carbocycles. The molecule has 1 amide bonds. The van der Waals surface area contributed by atoms with Crippen LogP contribution in [0.3, 0.4) is 0 Å². The van der Waals surface area contributed by atoms with Gasteiger partial charge in [0.1, 0.15) is 0 Å². The zero-order valence-electron chi connectivity index (χ0n) is 11.3. The second-order valence-corrected chi connectivity index (χ2v) is 6.60. The molecule has 2 N–H and O–H groups in total. The highest BCUT2D eigenvalue weighted by molar-refractivity contribution is 5.87. The number of nitrogens with one attached hydrogen (secondary N) is 1. The van der Waals surface area contributed by atoms with E-state index in [1.54, 1.807) is 0 Å². The van der Waals surface area contributed by atoms with E-state index < -0.39 is 11.9 Å². The van der Waals surface area contributed by atoms with Crippen LogP contribution >= 0.6 is 0 Å². The number of carboxylic acids is 1. The van der Waals surface area contributed by atoms with E-state index in [1.807, 2.05) is 12.2 Å². The van der Waals surface area contributed by atoms with Gasteiger partial charge in [0.15, 0.2) is 0 Å². The van der Waals surface area contributed by atoms with Crippen molar-refractivity contribution in [2.45, 2.75) is 44.6 Å². The number of carboxylic acid groups (broad SMARTS) is 1. The second-order valence-electron chi connectivity index (χ2n) is 6.60. The molecule has 4 nitrogen and oxygen atoms in total. The summed E-state index contributed by atoms with van der Waals surface area (Å²) in [5.74, 6) is -1.60. The Morgan fingerprint density at radius 1 is 1.16 bits per heavy atom. The zero-order chi connectivity index (χ0) is 13.6. The number of aliphatic carboxylic acids is 1. The quantitative estimate of drug-likeness (QED) is 0.765. The van der Waals surface area contributed by atoms with Crippen LogP contribution in [0.25, 0.3) is 0 Å². The third-order valence-corrected chi connectivity index (χ3v) is 5.18. The van der Waals surface area contributed by atoms with Gasteiger partial charge in [0.25, 0.3) is 0 Å². The highest BCUT2D eigenvalue weighted by Crippen LogP contribution is 2.48. The van der Waals surface area contributed by atoms with Gasteiger partial charge in [-0.3, -0.25) is 9.59 Å². The Morgan fingerprint density at radius 3 is 2.32 bits per heavy atom. The van der Waals surface area contributed by atoms with Crippen molar-refractivity contribution in [2.24, 2.45) is 23.7 Å². The lowest BCUT2D eigenvalue weighted by molar-refractivity contribution is -0.148. The highest BCUT2D eigenvalue weighted by atomic mass is 16.4. The summed E-state index contributed by atoms with van der Waals surface area (Å²) in [7, 11) is 0. The van der Waals surface area contributed by atoms with Gasteiger partial charge in [-0.15, -0.1) is 0 Å². The predicted molar refractivity (Wildman–Crippen MR) is 70.4 cm³/mol. The van der Waals surface area contributed by atoms with Crippen molar-refractivity contribution < 1.29 is 14.7 Å². The lowest BCUT2D eigenvalue weighted by atomic mass is 9.81. The van der Waals surface area contributed by atoms with Gasteiger partial charge in [0.2, 0.25) is 5.91 Å². The van der Waals surface area contributed by atoms with Crippen molar-refractivity contribution in [2.75, 3.05) is 0 Å². The Hall–Kier alpha value is -1.32. The molecule has 19 heavy (non-hydrogen) atoms. The maximum atomic E-state index is 12.5. The molecule has 3 aliphatic rings. The third-order valence-electron chi connectivity index (χ3n) is 5.18. The van der Waals surface area contributed by atoms with E-state index in [0.717, 1.165) is 32.1 Å². The lowest BCUT2D eigenvalue weighted by Gasteiger charge is -2.30. The van der Waals surface area contributed by atoms with Crippen molar-refractivity contribution in [3.8, 4) is 0 Å². The van der Waals surface area contributed by atoms with Gasteiger partial charge in [-0.1, -0.05) is 25.0 Å². The first-order chi connectivity index (χ1) is 9.00. The van der Waals surface area contributed by atoms with Crippen LogP contribution in [0.5, 0.6) is 0 Å². The number of carbonyl (C=O) groups is 2. The van der Waals surface area contributed by atoms with Gasteiger partial charge in [-0.05, 0) is 38.0 Å². The average Bonchev–Trinajstić information content (AvgIpc) is 3.02. The van der Waals surface area contributed by atoms with Gasteiger partial charge < -0.3 is 10.4 Å². The molecule has 0 aromatic heterocycles. The molecular formula is C15H21NO3. The monoisotopic (exact) mass is 263 g/mol. The van der Waals surface area contributed by atoms with Crippen molar-refractivity contribution >= 4 is 11.9 Å². The molecule has 2 bridgehead atoms. The summed E-state index contributed by atoms with van der Waals surface area (Å²) in [4.78, 5) is 23.9. The van der Waals surface area contributed by atoms with E-state index >= 15 is 0 Å². The largest absolute Gasteiger partial charge is 0.481 e. The molecule has 0 spiro atoms. The zero-order valence-corrected chi connectivity index (χ0v) is 11.3. The second kappa shape index (κ2) is 4.36. The van der Waals surface area contributed by atoms with Crippen LogP contribution in [0.15, 0.2) is 12.2 Å². The molecule has 0 aliphatic heterocycles. The molecule has 4 heteroatoms. The average molecular weight is 263 g/mol. The molecular weight excluding hydrogens is 242 g/mol. The minimum absolute atomic E-state index is 0.0475. The number of carbonyl (C=O) groups excluding carboxylic acids is 1. The van der Waals surface area contributed by atoms with Crippen LogP contribution in [0, 0.1) is 23.7 Å². The van der Waals surface area contributed by atoms with Crippen LogP contribution in [-0.2, 0) is 9.59 Å². The number of allylic oxidation sites excluding steroid dienone is 2. The fraction of sp³-hybridized carbons (Fsp3) is 0.733. The van der Waals surface area contributed by atoms with E-state index in [0.29, 0.717) is 0 Å². The maximum Gasteiger partial charge on any atom is 0.307 e. The van der Waals surface area contributed by atoms with Gasteiger partial charge in [-0.2, -0.15) is 0 Å². The molecule has 4 unspecified atom stereocenters. The molecule has 2 fully saturated rings. The minimum atomic E-state index is -0.825. The van der Waals surface area contributed by atoms with Crippen molar-refractivity contribution in [1.29, 1.82) is 0 Å². The Kier molecular flexibility index (Phi) is 2.91. The van der Waals surface area contributed by atoms with Crippen LogP contribution in [0.2, 0.25) is 0 Å². The first-order valence-electron chi connectivity index (χ1n) is 7.23. The summed E-state index contributed by atoms with van der Waals surface area (Å²) in [6, 6.07) is 0. The van der Waals surface area contributed by atoms with Crippen molar-refractivity contribution in [1.82, 2.24) is 5.32 Å². The Labute approximate surface area is 113 Å². The van der Waals surface area contributed by atoms with Crippen molar-refractivity contribution in [3.05, 3.63) is 12.2 Å². The Bertz CT molecular complexity index is 437. The van der Waals surface area contributed by atoms with E-state index in [9.17, 15) is 14.7 Å². The predicted octanol–water partition coefficient (Wildman–Crippen LogP) is 1.96. The normalized spacial score (nSPS) is 38.6. The van der Waals surface area contributed by atoms with E-state index in [1.165, 1.54) is 0 Å². The first-order valence-corrected chi connectivity index (χ1v) is 7.23. The number of rotatable bonds is 3. The maximum absolute atomic E-state index is 12.5. The minimum Gasteiger partial charge on any atom is -0.481 e. The smallest absolute Gasteiger partial charge is 0.307 e. The molecule has 0 heterocycles. The molecule has 4 atom stereocenters. The Morgan fingerprint density at radius 2 is 1.74 bits per heavy atom. The van der Waals surface area contributed by atoms with E-state index in [-0.39, 0.29) is 29.2 Å². The van der Waals surface area contributed by atoms with Crippen LogP contribution in [0.1, 0.15) is 39.0 Å². The summed E-state index contributed by atoms with van der Waals surface area (Å²) >= 11 is 0. The molecule has 104 valence electrons. The molecule has 0 radical (unpaired) electrons. The molecule has 3 aliphatic carbocycles. The van der Waals surface area contributed by atoms with Gasteiger partial charge in [0.05, 0.1) is 11.8 Å². The van der Waals surface area contributed by atoms with Crippen LogP contribution in [-0.4, -0.2) is 22.5 Å². The standard InChI is InChI=1S/C15H21NO3/c1-15(6-2-3-7-15)16-13(17)11-9-4-5-10(8-9)12(11)14(18)19/h4-5,9-12H,2-3,6-8H2,1H3,(H,16,17)(H,18,19). The third kappa shape index (κ3) is 2.07. The fourth-order valence-electron chi connectivity index (χ4n) is 4.18. The fourth-order valence-corrected chi connectivity index (χ4v) is 4.18. The van der Waals surface area contributed by atoms with Gasteiger partial charge in [0, 0.05) is 5.54 Å². The number of hydrogen-bond acceptors (Lipinski definition) is 2. The molecule has 0 saturated heterocycles. The summed E-state index contributed by atoms with van der Waals surface area (Å²) in [6.07, 6.45) is 9.15. The van der Waals surface area contributed by atoms with E-state index in [4.69, 9.17) is 0 Å². The van der Waals surface area contributed by atoms with Crippen LogP contribution in [0.4, 0.5) is 0 Å². The molecule has 3 rings (SSSR count). The summed E-state index contributed by atoms with van der Waals surface area (Å²) in [6.45, 7) is 2.08. The summed E-state index contributed by atoms with van der Waals surface area (Å²) < 4.78 is 0. The number of fused-ring (bicyclic) bond motifs is 2. The summed E-state index contributed by atoms with van der Waals surface area (Å²) in [5, 5.41) is 12.5. The van der Waals surface area contributed by atoms with Gasteiger partial charge >= 0.3 is 5.97 Å².